The highest BCUT2D eigenvalue weighted by molar-refractivity contribution is 9.10. The fraction of sp³-hybridized carbons (Fsp3) is 0.364. The van der Waals surface area contributed by atoms with Gasteiger partial charge in [0.05, 0.1) is 0 Å². The summed E-state index contributed by atoms with van der Waals surface area (Å²) < 4.78 is 0.802. The first-order valence-corrected chi connectivity index (χ1v) is 5.48. The van der Waals surface area contributed by atoms with Crippen molar-refractivity contribution in [3.63, 3.8) is 0 Å². The summed E-state index contributed by atoms with van der Waals surface area (Å²) in [5.74, 6) is 1.04. The quantitative estimate of drug-likeness (QED) is 0.651. The number of benzene rings is 1. The van der Waals surface area contributed by atoms with Gasteiger partial charge < -0.3 is 5.73 Å². The molecule has 2 N–H and O–H groups in total. The van der Waals surface area contributed by atoms with Crippen molar-refractivity contribution in [2.75, 3.05) is 5.73 Å². The molecule has 0 aromatic heterocycles. The van der Waals surface area contributed by atoms with E-state index in [0.29, 0.717) is 11.6 Å². The number of anilines is 1. The summed E-state index contributed by atoms with van der Waals surface area (Å²) in [7, 11) is 0. The molecule has 74 valence electrons. The third-order valence-corrected chi connectivity index (χ3v) is 3.42. The highest BCUT2D eigenvalue weighted by atomic mass is 79.9. The molecule has 1 aromatic carbocycles. The van der Waals surface area contributed by atoms with Gasteiger partial charge in [0.1, 0.15) is 0 Å². The molecule has 1 fully saturated rings. The standard InChI is InChI=1S/C11H12BrNO/c1-6-4-8(6)11(14)7-2-3-10(13)9(12)5-7/h2-3,5-6,8H,4,13H2,1H3. The maximum atomic E-state index is 11.8. The zero-order chi connectivity index (χ0) is 10.3. The van der Waals surface area contributed by atoms with Crippen LogP contribution >= 0.6 is 15.9 Å². The Labute approximate surface area is 91.6 Å². The highest BCUT2D eigenvalue weighted by Gasteiger charge is 2.39. The summed E-state index contributed by atoms with van der Waals surface area (Å²) >= 11 is 3.32. The highest BCUT2D eigenvalue weighted by Crippen LogP contribution is 2.40. The number of hydrogen-bond acceptors (Lipinski definition) is 2. The third kappa shape index (κ3) is 1.69. The van der Waals surface area contributed by atoms with Gasteiger partial charge in [-0.1, -0.05) is 6.92 Å². The van der Waals surface area contributed by atoms with Crippen LogP contribution in [-0.4, -0.2) is 5.78 Å². The molecule has 3 heteroatoms. The van der Waals surface area contributed by atoms with Crippen LogP contribution in [0.15, 0.2) is 22.7 Å². The zero-order valence-corrected chi connectivity index (χ0v) is 9.54. The Morgan fingerprint density at radius 2 is 2.21 bits per heavy atom. The number of carbonyl (C=O) groups excluding carboxylic acids is 1. The average Bonchev–Trinajstić information content (AvgIpc) is 2.86. The molecule has 0 bridgehead atoms. The molecule has 1 saturated carbocycles. The maximum Gasteiger partial charge on any atom is 0.166 e. The van der Waals surface area contributed by atoms with Crippen molar-refractivity contribution >= 4 is 27.4 Å². The first-order valence-electron chi connectivity index (χ1n) is 4.69. The number of ketones is 1. The Kier molecular flexibility index (Phi) is 2.35. The van der Waals surface area contributed by atoms with E-state index in [-0.39, 0.29) is 11.7 Å². The minimum absolute atomic E-state index is 0.241. The molecular formula is C11H12BrNO. The van der Waals surface area contributed by atoms with E-state index < -0.39 is 0 Å². The van der Waals surface area contributed by atoms with E-state index in [2.05, 4.69) is 22.9 Å². The second-order valence-corrected chi connectivity index (χ2v) is 4.77. The molecule has 0 aliphatic heterocycles. The van der Waals surface area contributed by atoms with Crippen LogP contribution in [0.2, 0.25) is 0 Å². The van der Waals surface area contributed by atoms with E-state index in [1.54, 1.807) is 12.1 Å². The van der Waals surface area contributed by atoms with Crippen molar-refractivity contribution < 1.29 is 4.79 Å². The lowest BCUT2D eigenvalue weighted by atomic mass is 10.1. The van der Waals surface area contributed by atoms with Crippen molar-refractivity contribution in [3.05, 3.63) is 28.2 Å². The number of halogens is 1. The summed E-state index contributed by atoms with van der Waals surface area (Å²) in [5, 5.41) is 0. The molecular weight excluding hydrogens is 242 g/mol. The van der Waals surface area contributed by atoms with Gasteiger partial charge in [-0.15, -0.1) is 0 Å². The predicted octanol–water partition coefficient (Wildman–Crippen LogP) is 2.87. The molecule has 2 unspecified atom stereocenters. The molecule has 1 aromatic rings. The summed E-state index contributed by atoms with van der Waals surface area (Å²) in [4.78, 5) is 11.8. The first kappa shape index (κ1) is 9.71. The average molecular weight is 254 g/mol. The van der Waals surface area contributed by atoms with Crippen molar-refractivity contribution in [1.82, 2.24) is 0 Å². The normalized spacial score (nSPS) is 24.7. The van der Waals surface area contributed by atoms with Gasteiger partial charge >= 0.3 is 0 Å². The van der Waals surface area contributed by atoms with Crippen LogP contribution in [0.1, 0.15) is 23.7 Å². The van der Waals surface area contributed by atoms with Gasteiger partial charge in [-0.25, -0.2) is 0 Å². The number of rotatable bonds is 2. The van der Waals surface area contributed by atoms with Crippen LogP contribution in [0.25, 0.3) is 0 Å². The van der Waals surface area contributed by atoms with Crippen molar-refractivity contribution in [2.45, 2.75) is 13.3 Å². The Balaban J connectivity index is 2.24. The van der Waals surface area contributed by atoms with E-state index >= 15 is 0 Å². The van der Waals surface area contributed by atoms with Gasteiger partial charge in [0, 0.05) is 21.6 Å². The molecule has 0 saturated heterocycles. The fourth-order valence-corrected chi connectivity index (χ4v) is 1.96. The maximum absolute atomic E-state index is 11.8. The second-order valence-electron chi connectivity index (χ2n) is 3.92. The summed E-state index contributed by atoms with van der Waals surface area (Å²) in [6.07, 6.45) is 1.03. The minimum atomic E-state index is 0.241. The zero-order valence-electron chi connectivity index (χ0n) is 7.96. The smallest absolute Gasteiger partial charge is 0.166 e. The Bertz CT molecular complexity index is 389. The van der Waals surface area contributed by atoms with Gasteiger partial charge in [-0.3, -0.25) is 4.79 Å². The number of Topliss-reactive ketones (excluding diaryl/α,β-unsaturated/α-hetero) is 1. The van der Waals surface area contributed by atoms with Crippen LogP contribution in [0, 0.1) is 11.8 Å². The van der Waals surface area contributed by atoms with Crippen molar-refractivity contribution in [2.24, 2.45) is 11.8 Å². The van der Waals surface area contributed by atoms with Gasteiger partial charge in [0.15, 0.2) is 5.78 Å². The van der Waals surface area contributed by atoms with E-state index in [4.69, 9.17) is 5.73 Å². The Morgan fingerprint density at radius 1 is 1.57 bits per heavy atom. The summed E-state index contributed by atoms with van der Waals surface area (Å²) in [5.41, 5.74) is 7.09. The van der Waals surface area contributed by atoms with E-state index in [0.717, 1.165) is 16.5 Å². The van der Waals surface area contributed by atoms with E-state index in [9.17, 15) is 4.79 Å². The fourth-order valence-electron chi connectivity index (χ4n) is 1.58. The molecule has 2 rings (SSSR count). The van der Waals surface area contributed by atoms with Crippen molar-refractivity contribution in [3.8, 4) is 0 Å². The van der Waals surface area contributed by atoms with Crippen LogP contribution in [0.3, 0.4) is 0 Å². The lowest BCUT2D eigenvalue weighted by molar-refractivity contribution is 0.0962. The van der Waals surface area contributed by atoms with Crippen LogP contribution in [0.5, 0.6) is 0 Å². The van der Waals surface area contributed by atoms with Crippen LogP contribution < -0.4 is 5.73 Å². The molecule has 1 aliphatic carbocycles. The van der Waals surface area contributed by atoms with Gasteiger partial charge in [-0.05, 0) is 46.5 Å². The predicted molar refractivity (Wildman–Crippen MR) is 60.2 cm³/mol. The molecule has 0 radical (unpaired) electrons. The molecule has 0 amide bonds. The summed E-state index contributed by atoms with van der Waals surface area (Å²) in [6, 6.07) is 5.38. The van der Waals surface area contributed by atoms with Gasteiger partial charge in [-0.2, -0.15) is 0 Å². The number of hydrogen-bond donors (Lipinski definition) is 1. The van der Waals surface area contributed by atoms with E-state index in [1.807, 2.05) is 6.07 Å². The topological polar surface area (TPSA) is 43.1 Å². The number of nitrogens with two attached hydrogens (primary N) is 1. The molecule has 1 aliphatic rings. The first-order chi connectivity index (χ1) is 6.59. The molecule has 2 atom stereocenters. The van der Waals surface area contributed by atoms with Crippen LogP contribution in [-0.2, 0) is 0 Å². The monoisotopic (exact) mass is 253 g/mol. The number of nitrogen functional groups attached to an aromatic ring is 1. The second kappa shape index (κ2) is 3.39. The van der Waals surface area contributed by atoms with Crippen molar-refractivity contribution in [1.29, 1.82) is 0 Å². The SMILES string of the molecule is CC1CC1C(=O)c1ccc(N)c(Br)c1. The Hall–Kier alpha value is -0.830. The van der Waals surface area contributed by atoms with Gasteiger partial charge in [0.2, 0.25) is 0 Å². The lowest BCUT2D eigenvalue weighted by Gasteiger charge is -2.02. The molecule has 2 nitrogen and oxygen atoms in total. The Morgan fingerprint density at radius 3 is 2.71 bits per heavy atom. The van der Waals surface area contributed by atoms with E-state index in [1.165, 1.54) is 0 Å². The van der Waals surface area contributed by atoms with Crippen LogP contribution in [0.4, 0.5) is 5.69 Å². The molecule has 0 heterocycles. The summed E-state index contributed by atoms with van der Waals surface area (Å²) in [6.45, 7) is 2.11. The van der Waals surface area contributed by atoms with Gasteiger partial charge in [0.25, 0.3) is 0 Å². The largest absolute Gasteiger partial charge is 0.398 e. The lowest BCUT2D eigenvalue weighted by Crippen LogP contribution is -2.03. The minimum Gasteiger partial charge on any atom is -0.398 e. The molecule has 0 spiro atoms. The third-order valence-electron chi connectivity index (χ3n) is 2.73. The molecule has 14 heavy (non-hydrogen) atoms. The number of carbonyl (C=O) groups is 1.